The van der Waals surface area contributed by atoms with Crippen molar-refractivity contribution in [3.8, 4) is 5.75 Å². The Morgan fingerprint density at radius 3 is 2.83 bits per heavy atom. The Kier molecular flexibility index (Phi) is 4.24. The first kappa shape index (κ1) is 15.0. The van der Waals surface area contributed by atoms with Crippen molar-refractivity contribution in [1.82, 2.24) is 9.88 Å². The first-order chi connectivity index (χ1) is 11.2. The van der Waals surface area contributed by atoms with Crippen LogP contribution in [0.2, 0.25) is 0 Å². The van der Waals surface area contributed by atoms with Crippen LogP contribution >= 0.6 is 0 Å². The molecule has 0 aliphatic rings. The second kappa shape index (κ2) is 6.48. The van der Waals surface area contributed by atoms with E-state index >= 15 is 0 Å². The van der Waals surface area contributed by atoms with Crippen molar-refractivity contribution in [2.75, 3.05) is 14.2 Å². The summed E-state index contributed by atoms with van der Waals surface area (Å²) < 4.78 is 5.23. The van der Waals surface area contributed by atoms with E-state index in [0.29, 0.717) is 12.1 Å². The molecule has 4 nitrogen and oxygen atoms in total. The highest BCUT2D eigenvalue weighted by molar-refractivity contribution is 6.06. The Labute approximate surface area is 135 Å². The number of amides is 1. The molecule has 0 atom stereocenters. The van der Waals surface area contributed by atoms with Gasteiger partial charge >= 0.3 is 0 Å². The number of methoxy groups -OCH3 is 1. The largest absolute Gasteiger partial charge is 0.497 e. The predicted octanol–water partition coefficient (Wildman–Crippen LogP) is 3.52. The fourth-order valence-electron chi connectivity index (χ4n) is 2.62. The van der Waals surface area contributed by atoms with Crippen molar-refractivity contribution >= 4 is 16.7 Å². The molecule has 0 saturated carbocycles. The number of pyridine rings is 1. The third kappa shape index (κ3) is 3.16. The van der Waals surface area contributed by atoms with Crippen molar-refractivity contribution in [3.05, 3.63) is 72.1 Å². The third-order valence-corrected chi connectivity index (χ3v) is 3.81. The number of rotatable bonds is 4. The standard InChI is InChI=1S/C19H18N2O2/c1-21(13-14-5-3-7-16(11-14)23-2)19(22)17-8-4-6-15-9-10-20-12-18(15)17/h3-12H,13H2,1-2H3. The average Bonchev–Trinajstić information content (AvgIpc) is 2.60. The number of ether oxygens (including phenoxy) is 1. The number of nitrogens with zero attached hydrogens (tertiary/aromatic N) is 2. The molecule has 2 aromatic carbocycles. The van der Waals surface area contributed by atoms with E-state index in [4.69, 9.17) is 4.74 Å². The highest BCUT2D eigenvalue weighted by atomic mass is 16.5. The van der Waals surface area contributed by atoms with Gasteiger partial charge in [0.15, 0.2) is 0 Å². The minimum absolute atomic E-state index is 0.0218. The van der Waals surface area contributed by atoms with Crippen LogP contribution in [0.1, 0.15) is 15.9 Å². The van der Waals surface area contributed by atoms with Gasteiger partial charge in [0.2, 0.25) is 0 Å². The monoisotopic (exact) mass is 306 g/mol. The molecule has 0 spiro atoms. The zero-order valence-electron chi connectivity index (χ0n) is 13.2. The second-order valence-corrected chi connectivity index (χ2v) is 5.42. The van der Waals surface area contributed by atoms with Crippen LogP contribution in [-0.2, 0) is 6.54 Å². The number of hydrogen-bond acceptors (Lipinski definition) is 3. The van der Waals surface area contributed by atoms with Gasteiger partial charge in [-0.05, 0) is 35.2 Å². The summed E-state index contributed by atoms with van der Waals surface area (Å²) in [6, 6.07) is 15.4. The summed E-state index contributed by atoms with van der Waals surface area (Å²) in [7, 11) is 3.44. The molecule has 116 valence electrons. The van der Waals surface area contributed by atoms with Gasteiger partial charge in [-0.15, -0.1) is 0 Å². The maximum Gasteiger partial charge on any atom is 0.254 e. The molecule has 1 aromatic heterocycles. The molecule has 23 heavy (non-hydrogen) atoms. The Hall–Kier alpha value is -2.88. The van der Waals surface area contributed by atoms with E-state index in [2.05, 4.69) is 4.98 Å². The van der Waals surface area contributed by atoms with Gasteiger partial charge in [0.05, 0.1) is 7.11 Å². The molecule has 1 heterocycles. The van der Waals surface area contributed by atoms with Crippen molar-refractivity contribution in [1.29, 1.82) is 0 Å². The predicted molar refractivity (Wildman–Crippen MR) is 90.5 cm³/mol. The Balaban J connectivity index is 1.86. The Bertz CT molecular complexity index is 840. The summed E-state index contributed by atoms with van der Waals surface area (Å²) in [6.45, 7) is 0.521. The summed E-state index contributed by atoms with van der Waals surface area (Å²) in [6.07, 6.45) is 3.47. The van der Waals surface area contributed by atoms with E-state index in [1.807, 2.05) is 48.5 Å². The lowest BCUT2D eigenvalue weighted by molar-refractivity contribution is 0.0787. The van der Waals surface area contributed by atoms with Crippen LogP contribution in [0.3, 0.4) is 0 Å². The van der Waals surface area contributed by atoms with Crippen LogP contribution in [0.15, 0.2) is 60.9 Å². The van der Waals surface area contributed by atoms with Crippen molar-refractivity contribution in [2.24, 2.45) is 0 Å². The molecule has 4 heteroatoms. The summed E-state index contributed by atoms with van der Waals surface area (Å²) in [4.78, 5) is 18.6. The van der Waals surface area contributed by atoms with Crippen LogP contribution < -0.4 is 4.74 Å². The molecule has 0 radical (unpaired) electrons. The van der Waals surface area contributed by atoms with Gasteiger partial charge in [-0.2, -0.15) is 0 Å². The van der Waals surface area contributed by atoms with Crippen molar-refractivity contribution < 1.29 is 9.53 Å². The van der Waals surface area contributed by atoms with Crippen LogP contribution in [-0.4, -0.2) is 29.9 Å². The molecule has 0 unspecified atom stereocenters. The maximum absolute atomic E-state index is 12.8. The topological polar surface area (TPSA) is 42.4 Å². The van der Waals surface area contributed by atoms with E-state index in [-0.39, 0.29) is 5.91 Å². The lowest BCUT2D eigenvalue weighted by atomic mass is 10.1. The summed E-state index contributed by atoms with van der Waals surface area (Å²) in [5.41, 5.74) is 1.69. The number of hydrogen-bond donors (Lipinski definition) is 0. The minimum Gasteiger partial charge on any atom is -0.497 e. The molecule has 0 saturated heterocycles. The molecule has 0 bridgehead atoms. The van der Waals surface area contributed by atoms with Crippen LogP contribution in [0.25, 0.3) is 10.8 Å². The van der Waals surface area contributed by atoms with Crippen molar-refractivity contribution in [2.45, 2.75) is 6.54 Å². The number of carbonyl (C=O) groups excluding carboxylic acids is 1. The molecule has 0 fully saturated rings. The van der Waals surface area contributed by atoms with Gasteiger partial charge in [0.25, 0.3) is 5.91 Å². The fourth-order valence-corrected chi connectivity index (χ4v) is 2.62. The zero-order valence-corrected chi connectivity index (χ0v) is 13.2. The third-order valence-electron chi connectivity index (χ3n) is 3.81. The summed E-state index contributed by atoms with van der Waals surface area (Å²) >= 11 is 0. The van der Waals surface area contributed by atoms with Gasteiger partial charge in [-0.3, -0.25) is 9.78 Å². The molecule has 0 N–H and O–H groups in total. The smallest absolute Gasteiger partial charge is 0.254 e. The normalized spacial score (nSPS) is 10.5. The Morgan fingerprint density at radius 2 is 2.00 bits per heavy atom. The number of fused-ring (bicyclic) bond motifs is 1. The SMILES string of the molecule is COc1cccc(CN(C)C(=O)c2cccc3ccncc23)c1. The lowest BCUT2D eigenvalue weighted by Crippen LogP contribution is -2.26. The summed E-state index contributed by atoms with van der Waals surface area (Å²) in [5.74, 6) is 0.768. The van der Waals surface area contributed by atoms with Crippen molar-refractivity contribution in [3.63, 3.8) is 0 Å². The van der Waals surface area contributed by atoms with E-state index in [1.165, 1.54) is 0 Å². The molecule has 1 amide bonds. The minimum atomic E-state index is -0.0218. The number of benzene rings is 2. The van der Waals surface area contributed by atoms with Gasteiger partial charge in [0, 0.05) is 36.9 Å². The molecular weight excluding hydrogens is 288 g/mol. The van der Waals surface area contributed by atoms with Gasteiger partial charge in [-0.25, -0.2) is 0 Å². The number of carbonyl (C=O) groups is 1. The van der Waals surface area contributed by atoms with Gasteiger partial charge in [0.1, 0.15) is 5.75 Å². The second-order valence-electron chi connectivity index (χ2n) is 5.42. The molecule has 0 aliphatic carbocycles. The number of aromatic nitrogens is 1. The van der Waals surface area contributed by atoms with E-state index < -0.39 is 0 Å². The maximum atomic E-state index is 12.8. The van der Waals surface area contributed by atoms with E-state index in [0.717, 1.165) is 22.1 Å². The van der Waals surface area contributed by atoms with Gasteiger partial charge in [-0.1, -0.05) is 24.3 Å². The van der Waals surface area contributed by atoms with Crippen LogP contribution in [0.4, 0.5) is 0 Å². The highest BCUT2D eigenvalue weighted by Gasteiger charge is 2.15. The quantitative estimate of drug-likeness (QED) is 0.740. The zero-order chi connectivity index (χ0) is 16.2. The first-order valence-corrected chi connectivity index (χ1v) is 7.40. The average molecular weight is 306 g/mol. The molecule has 3 rings (SSSR count). The highest BCUT2D eigenvalue weighted by Crippen LogP contribution is 2.20. The first-order valence-electron chi connectivity index (χ1n) is 7.40. The molecule has 0 aliphatic heterocycles. The van der Waals surface area contributed by atoms with Crippen LogP contribution in [0, 0.1) is 0 Å². The Morgan fingerprint density at radius 1 is 1.17 bits per heavy atom. The molecular formula is C19H18N2O2. The van der Waals surface area contributed by atoms with E-state index in [9.17, 15) is 4.79 Å². The summed E-state index contributed by atoms with van der Waals surface area (Å²) in [5, 5.41) is 1.89. The molecule has 3 aromatic rings. The van der Waals surface area contributed by atoms with E-state index in [1.54, 1.807) is 31.5 Å². The van der Waals surface area contributed by atoms with Crippen LogP contribution in [0.5, 0.6) is 5.75 Å². The van der Waals surface area contributed by atoms with Gasteiger partial charge < -0.3 is 9.64 Å². The fraction of sp³-hybridized carbons (Fsp3) is 0.158. The lowest BCUT2D eigenvalue weighted by Gasteiger charge is -2.18.